The maximum absolute atomic E-state index is 13.2. The Balaban J connectivity index is 1.54. The molecule has 0 radical (unpaired) electrons. The van der Waals surface area contributed by atoms with Gasteiger partial charge in [-0.05, 0) is 36.2 Å². The first-order valence-electron chi connectivity index (χ1n) is 9.16. The number of likely N-dealkylation sites (tertiary alicyclic amines) is 1. The Kier molecular flexibility index (Phi) is 4.67. The molecule has 2 N–H and O–H groups in total. The molecule has 1 aliphatic heterocycles. The van der Waals surface area contributed by atoms with Crippen LogP contribution < -0.4 is 5.73 Å². The Labute approximate surface area is 153 Å². The molecule has 3 aromatic rings. The molecule has 1 atom stereocenters. The summed E-state index contributed by atoms with van der Waals surface area (Å²) in [6.45, 7) is 2.52. The second-order valence-corrected chi connectivity index (χ2v) is 7.01. The smallest absolute Gasteiger partial charge is 0.167 e. The lowest BCUT2D eigenvalue weighted by Gasteiger charge is -2.32. The molecule has 2 heterocycles. The van der Waals surface area contributed by atoms with Crippen LogP contribution >= 0.6 is 0 Å². The number of fused-ring (bicyclic) bond motifs is 1. The number of rotatable bonds is 4. The topological polar surface area (TPSA) is 59.2 Å². The Bertz CT molecular complexity index is 932. The van der Waals surface area contributed by atoms with Crippen molar-refractivity contribution >= 4 is 22.4 Å². The van der Waals surface area contributed by atoms with Gasteiger partial charge in [0.2, 0.25) is 0 Å². The van der Waals surface area contributed by atoms with E-state index in [4.69, 9.17) is 5.73 Å². The highest BCUT2D eigenvalue weighted by Gasteiger charge is 2.27. The predicted octanol–water partition coefficient (Wildman–Crippen LogP) is 3.91. The van der Waals surface area contributed by atoms with E-state index in [9.17, 15) is 4.79 Å². The standard InChI is InChI=1S/C22H23N3O/c23-22-18(8-4-12-24-22)15-25-13-5-9-17(14-25)21(26)20-11-3-7-16-6-1-2-10-19(16)20/h1-4,6-8,10-12,17H,5,9,13-15H2,(H2,23,24)/t17-/m0/s1. The van der Waals surface area contributed by atoms with Gasteiger partial charge in [-0.25, -0.2) is 4.98 Å². The lowest BCUT2D eigenvalue weighted by molar-refractivity contribution is 0.0813. The molecule has 1 aliphatic rings. The second kappa shape index (κ2) is 7.26. The summed E-state index contributed by atoms with van der Waals surface area (Å²) in [5.74, 6) is 0.869. The van der Waals surface area contributed by atoms with Crippen LogP contribution in [0.3, 0.4) is 0 Å². The van der Waals surface area contributed by atoms with E-state index in [0.29, 0.717) is 5.82 Å². The summed E-state index contributed by atoms with van der Waals surface area (Å²) in [5, 5.41) is 2.17. The first-order valence-corrected chi connectivity index (χ1v) is 9.16. The van der Waals surface area contributed by atoms with Gasteiger partial charge in [-0.15, -0.1) is 0 Å². The number of pyridine rings is 1. The molecule has 4 rings (SSSR count). The van der Waals surface area contributed by atoms with E-state index >= 15 is 0 Å². The van der Waals surface area contributed by atoms with Crippen molar-refractivity contribution in [2.45, 2.75) is 19.4 Å². The number of hydrogen-bond acceptors (Lipinski definition) is 4. The molecular weight excluding hydrogens is 322 g/mol. The normalized spacial score (nSPS) is 18.1. The van der Waals surface area contributed by atoms with Gasteiger partial charge in [0.25, 0.3) is 0 Å². The van der Waals surface area contributed by atoms with Crippen LogP contribution in [-0.2, 0) is 6.54 Å². The maximum Gasteiger partial charge on any atom is 0.167 e. The average molecular weight is 345 g/mol. The van der Waals surface area contributed by atoms with Gasteiger partial charge in [0, 0.05) is 36.3 Å². The monoisotopic (exact) mass is 345 g/mol. The van der Waals surface area contributed by atoms with Gasteiger partial charge in [-0.2, -0.15) is 0 Å². The predicted molar refractivity (Wildman–Crippen MR) is 105 cm³/mol. The van der Waals surface area contributed by atoms with Gasteiger partial charge in [0.1, 0.15) is 5.82 Å². The van der Waals surface area contributed by atoms with Crippen LogP contribution in [0.4, 0.5) is 5.82 Å². The summed E-state index contributed by atoms with van der Waals surface area (Å²) >= 11 is 0. The van der Waals surface area contributed by atoms with E-state index < -0.39 is 0 Å². The van der Waals surface area contributed by atoms with Gasteiger partial charge in [0.15, 0.2) is 5.78 Å². The van der Waals surface area contributed by atoms with Crippen molar-refractivity contribution in [2.75, 3.05) is 18.8 Å². The van der Waals surface area contributed by atoms with Crippen LogP contribution in [0.25, 0.3) is 10.8 Å². The number of anilines is 1. The van der Waals surface area contributed by atoms with Crippen LogP contribution in [0.1, 0.15) is 28.8 Å². The molecule has 1 saturated heterocycles. The zero-order valence-electron chi connectivity index (χ0n) is 14.8. The third kappa shape index (κ3) is 3.33. The van der Waals surface area contributed by atoms with Crippen molar-refractivity contribution in [1.82, 2.24) is 9.88 Å². The van der Waals surface area contributed by atoms with Gasteiger partial charge >= 0.3 is 0 Å². The molecule has 26 heavy (non-hydrogen) atoms. The maximum atomic E-state index is 13.2. The number of carbonyl (C=O) groups excluding carboxylic acids is 1. The molecule has 4 nitrogen and oxygen atoms in total. The highest BCUT2D eigenvalue weighted by Crippen LogP contribution is 2.27. The lowest BCUT2D eigenvalue weighted by Crippen LogP contribution is -2.38. The molecule has 4 heteroatoms. The molecule has 0 unspecified atom stereocenters. The molecule has 0 spiro atoms. The highest BCUT2D eigenvalue weighted by molar-refractivity contribution is 6.09. The lowest BCUT2D eigenvalue weighted by atomic mass is 9.88. The largest absolute Gasteiger partial charge is 0.383 e. The fraction of sp³-hybridized carbons (Fsp3) is 0.273. The second-order valence-electron chi connectivity index (χ2n) is 7.01. The Hall–Kier alpha value is -2.72. The molecule has 0 aliphatic carbocycles. The SMILES string of the molecule is Nc1ncccc1CN1CCC[C@H](C(=O)c2cccc3ccccc23)C1. The van der Waals surface area contributed by atoms with Crippen molar-refractivity contribution in [1.29, 1.82) is 0 Å². The van der Waals surface area contributed by atoms with E-state index in [2.05, 4.69) is 22.0 Å². The fourth-order valence-corrected chi connectivity index (χ4v) is 3.90. The third-order valence-electron chi connectivity index (χ3n) is 5.25. The van der Waals surface area contributed by atoms with Crippen molar-refractivity contribution in [3.05, 3.63) is 71.9 Å². The first-order chi connectivity index (χ1) is 12.7. The molecular formula is C22H23N3O. The van der Waals surface area contributed by atoms with E-state index in [0.717, 1.165) is 54.4 Å². The summed E-state index contributed by atoms with van der Waals surface area (Å²) in [6, 6.07) is 18.0. The number of nitrogens with zero attached hydrogens (tertiary/aromatic N) is 2. The van der Waals surface area contributed by atoms with E-state index in [1.165, 1.54) is 0 Å². The Morgan fingerprint density at radius 2 is 1.96 bits per heavy atom. The number of piperidine rings is 1. The molecule has 132 valence electrons. The Morgan fingerprint density at radius 3 is 2.85 bits per heavy atom. The van der Waals surface area contributed by atoms with Crippen LogP contribution in [-0.4, -0.2) is 28.8 Å². The zero-order chi connectivity index (χ0) is 17.9. The Morgan fingerprint density at radius 1 is 1.12 bits per heavy atom. The minimum absolute atomic E-state index is 0.0347. The summed E-state index contributed by atoms with van der Waals surface area (Å²) in [4.78, 5) is 19.7. The number of ketones is 1. The van der Waals surface area contributed by atoms with E-state index in [1.54, 1.807) is 6.20 Å². The first kappa shape index (κ1) is 16.7. The number of carbonyl (C=O) groups is 1. The average Bonchev–Trinajstić information content (AvgIpc) is 2.69. The summed E-state index contributed by atoms with van der Waals surface area (Å²) in [6.07, 6.45) is 3.68. The molecule has 0 saturated carbocycles. The number of nitrogen functional groups attached to an aromatic ring is 1. The summed E-state index contributed by atoms with van der Waals surface area (Å²) in [7, 11) is 0. The minimum atomic E-state index is 0.0347. The number of hydrogen-bond donors (Lipinski definition) is 1. The van der Waals surface area contributed by atoms with Crippen LogP contribution in [0.5, 0.6) is 0 Å². The molecule has 0 amide bonds. The molecule has 0 bridgehead atoms. The van der Waals surface area contributed by atoms with Crippen molar-refractivity contribution in [2.24, 2.45) is 5.92 Å². The van der Waals surface area contributed by atoms with Crippen molar-refractivity contribution in [3.8, 4) is 0 Å². The van der Waals surface area contributed by atoms with Crippen LogP contribution in [0.2, 0.25) is 0 Å². The third-order valence-corrected chi connectivity index (χ3v) is 5.25. The van der Waals surface area contributed by atoms with Crippen molar-refractivity contribution in [3.63, 3.8) is 0 Å². The summed E-state index contributed by atoms with van der Waals surface area (Å²) < 4.78 is 0. The quantitative estimate of drug-likeness (QED) is 0.728. The minimum Gasteiger partial charge on any atom is -0.383 e. The van der Waals surface area contributed by atoms with E-state index in [1.807, 2.05) is 42.5 Å². The van der Waals surface area contributed by atoms with Gasteiger partial charge in [0.05, 0.1) is 0 Å². The van der Waals surface area contributed by atoms with Gasteiger partial charge < -0.3 is 5.73 Å². The van der Waals surface area contributed by atoms with Gasteiger partial charge in [-0.3, -0.25) is 9.69 Å². The number of nitrogens with two attached hydrogens (primary N) is 1. The van der Waals surface area contributed by atoms with Gasteiger partial charge in [-0.1, -0.05) is 48.5 Å². The number of benzene rings is 2. The van der Waals surface area contributed by atoms with Crippen molar-refractivity contribution < 1.29 is 4.79 Å². The number of Topliss-reactive ketones (excluding diaryl/α,β-unsaturated/α-hetero) is 1. The fourth-order valence-electron chi connectivity index (χ4n) is 3.90. The molecule has 1 fully saturated rings. The molecule has 1 aromatic heterocycles. The highest BCUT2D eigenvalue weighted by atomic mass is 16.1. The number of aromatic nitrogens is 1. The summed E-state index contributed by atoms with van der Waals surface area (Å²) in [5.41, 5.74) is 7.86. The van der Waals surface area contributed by atoms with E-state index in [-0.39, 0.29) is 11.7 Å². The molecule has 2 aromatic carbocycles. The zero-order valence-corrected chi connectivity index (χ0v) is 14.8. The van der Waals surface area contributed by atoms with Crippen LogP contribution in [0.15, 0.2) is 60.8 Å². The van der Waals surface area contributed by atoms with Crippen LogP contribution in [0, 0.1) is 5.92 Å².